The number of rotatable bonds is 3. The molecule has 3 rings (SSSR count). The normalized spacial score (nSPS) is 21.6. The van der Waals surface area contributed by atoms with Crippen molar-refractivity contribution in [1.29, 1.82) is 0 Å². The van der Waals surface area contributed by atoms with E-state index in [0.717, 1.165) is 12.0 Å². The first kappa shape index (κ1) is 10.9. The molecular formula is C12H12N4O2. The number of nitrogens with one attached hydrogen (secondary N) is 1. The van der Waals surface area contributed by atoms with Gasteiger partial charge in [-0.15, -0.1) is 0 Å². The van der Waals surface area contributed by atoms with Crippen LogP contribution in [-0.2, 0) is 4.79 Å². The molecule has 6 heteroatoms. The van der Waals surface area contributed by atoms with Crippen molar-refractivity contribution in [2.45, 2.75) is 19.3 Å². The molecule has 0 aromatic carbocycles. The third kappa shape index (κ3) is 2.09. The first-order chi connectivity index (χ1) is 8.74. The molecule has 1 amide bonds. The van der Waals surface area contributed by atoms with E-state index in [2.05, 4.69) is 20.4 Å². The largest absolute Gasteiger partial charge is 0.328 e. The van der Waals surface area contributed by atoms with Crippen molar-refractivity contribution < 1.29 is 9.32 Å². The molecule has 1 aliphatic carbocycles. The molecule has 0 spiro atoms. The quantitative estimate of drug-likeness (QED) is 0.885. The van der Waals surface area contributed by atoms with E-state index in [9.17, 15) is 4.79 Å². The Kier molecular flexibility index (Phi) is 2.55. The number of hydrogen-bond acceptors (Lipinski definition) is 5. The monoisotopic (exact) mass is 244 g/mol. The van der Waals surface area contributed by atoms with Gasteiger partial charge in [0, 0.05) is 18.3 Å². The SMILES string of the molecule is Cc1noc(NC(=O)[C@@H]2C[C@H]2c2cccnc2)n1. The maximum absolute atomic E-state index is 11.9. The molecule has 2 aromatic rings. The zero-order chi connectivity index (χ0) is 12.5. The van der Waals surface area contributed by atoms with Gasteiger partial charge >= 0.3 is 6.01 Å². The predicted octanol–water partition coefficient (Wildman–Crippen LogP) is 1.52. The van der Waals surface area contributed by atoms with E-state index in [0.29, 0.717) is 5.82 Å². The van der Waals surface area contributed by atoms with Crippen LogP contribution < -0.4 is 5.32 Å². The van der Waals surface area contributed by atoms with Crippen LogP contribution in [0.4, 0.5) is 6.01 Å². The molecule has 2 aromatic heterocycles. The van der Waals surface area contributed by atoms with Crippen LogP contribution in [0, 0.1) is 12.8 Å². The minimum atomic E-state index is -0.0764. The van der Waals surface area contributed by atoms with Gasteiger partial charge in [-0.25, -0.2) is 0 Å². The van der Waals surface area contributed by atoms with E-state index in [1.165, 1.54) is 0 Å². The number of pyridine rings is 1. The summed E-state index contributed by atoms with van der Waals surface area (Å²) in [5.41, 5.74) is 1.10. The fourth-order valence-electron chi connectivity index (χ4n) is 1.99. The van der Waals surface area contributed by atoms with Gasteiger partial charge < -0.3 is 4.52 Å². The summed E-state index contributed by atoms with van der Waals surface area (Å²) in [6.07, 6.45) is 4.36. The Hall–Kier alpha value is -2.24. The minimum Gasteiger partial charge on any atom is -0.315 e. The van der Waals surface area contributed by atoms with Crippen LogP contribution in [0.2, 0.25) is 0 Å². The highest BCUT2D eigenvalue weighted by molar-refractivity contribution is 5.93. The van der Waals surface area contributed by atoms with E-state index >= 15 is 0 Å². The predicted molar refractivity (Wildman–Crippen MR) is 62.7 cm³/mol. The minimum absolute atomic E-state index is 0.0265. The van der Waals surface area contributed by atoms with E-state index in [-0.39, 0.29) is 23.8 Å². The summed E-state index contributed by atoms with van der Waals surface area (Å²) in [6.45, 7) is 1.70. The van der Waals surface area contributed by atoms with Crippen molar-refractivity contribution in [3.05, 3.63) is 35.9 Å². The molecule has 1 N–H and O–H groups in total. The van der Waals surface area contributed by atoms with Crippen LogP contribution in [0.3, 0.4) is 0 Å². The molecule has 18 heavy (non-hydrogen) atoms. The lowest BCUT2D eigenvalue weighted by molar-refractivity contribution is -0.117. The number of amides is 1. The van der Waals surface area contributed by atoms with Gasteiger partial charge in [0.05, 0.1) is 0 Å². The third-order valence-electron chi connectivity index (χ3n) is 3.00. The summed E-state index contributed by atoms with van der Waals surface area (Å²) < 4.78 is 4.85. The van der Waals surface area contributed by atoms with Crippen molar-refractivity contribution in [2.24, 2.45) is 5.92 Å². The average Bonchev–Trinajstić information content (AvgIpc) is 3.09. The highest BCUT2D eigenvalue weighted by atomic mass is 16.5. The van der Waals surface area contributed by atoms with Gasteiger partial charge in [0.2, 0.25) is 5.91 Å². The fourth-order valence-corrected chi connectivity index (χ4v) is 1.99. The van der Waals surface area contributed by atoms with Crippen LogP contribution >= 0.6 is 0 Å². The number of carbonyl (C=O) groups excluding carboxylic acids is 1. The van der Waals surface area contributed by atoms with Crippen molar-refractivity contribution in [2.75, 3.05) is 5.32 Å². The lowest BCUT2D eigenvalue weighted by atomic mass is 10.1. The Morgan fingerprint density at radius 3 is 3.11 bits per heavy atom. The highest BCUT2D eigenvalue weighted by Crippen LogP contribution is 2.47. The summed E-state index contributed by atoms with van der Waals surface area (Å²) in [5, 5.41) is 6.24. The second-order valence-corrected chi connectivity index (χ2v) is 4.37. The molecular weight excluding hydrogens is 232 g/mol. The van der Waals surface area contributed by atoms with Crippen LogP contribution in [0.15, 0.2) is 29.0 Å². The van der Waals surface area contributed by atoms with Gasteiger partial charge in [0.1, 0.15) is 0 Å². The molecule has 2 atom stereocenters. The molecule has 0 unspecified atom stereocenters. The van der Waals surface area contributed by atoms with Gasteiger partial charge in [0.15, 0.2) is 5.82 Å². The lowest BCUT2D eigenvalue weighted by Crippen LogP contribution is -2.14. The topological polar surface area (TPSA) is 80.9 Å². The Morgan fingerprint density at radius 1 is 1.56 bits per heavy atom. The Labute approximate surface area is 103 Å². The number of nitrogens with zero attached hydrogens (tertiary/aromatic N) is 3. The van der Waals surface area contributed by atoms with Gasteiger partial charge in [-0.2, -0.15) is 4.98 Å². The maximum Gasteiger partial charge on any atom is 0.328 e. The maximum atomic E-state index is 11.9. The van der Waals surface area contributed by atoms with Crippen molar-refractivity contribution in [1.82, 2.24) is 15.1 Å². The third-order valence-corrected chi connectivity index (χ3v) is 3.00. The second-order valence-electron chi connectivity index (χ2n) is 4.37. The Bertz CT molecular complexity index is 566. The van der Waals surface area contributed by atoms with Crippen molar-refractivity contribution in [3.63, 3.8) is 0 Å². The van der Waals surface area contributed by atoms with Crippen LogP contribution in [-0.4, -0.2) is 21.0 Å². The second kappa shape index (κ2) is 4.21. The summed E-state index contributed by atoms with van der Waals surface area (Å²) in [6, 6.07) is 4.03. The lowest BCUT2D eigenvalue weighted by Gasteiger charge is -1.99. The molecule has 0 bridgehead atoms. The molecule has 0 aliphatic heterocycles. The number of anilines is 1. The van der Waals surface area contributed by atoms with E-state index < -0.39 is 0 Å². The molecule has 1 saturated carbocycles. The van der Waals surface area contributed by atoms with E-state index in [4.69, 9.17) is 4.52 Å². The summed E-state index contributed by atoms with van der Waals surface area (Å²) in [5.74, 6) is 0.654. The average molecular weight is 244 g/mol. The van der Waals surface area contributed by atoms with E-state index in [1.54, 1.807) is 19.3 Å². The molecule has 1 aliphatic rings. The van der Waals surface area contributed by atoms with Crippen LogP contribution in [0.25, 0.3) is 0 Å². The number of aryl methyl sites for hydroxylation is 1. The zero-order valence-corrected chi connectivity index (χ0v) is 9.83. The van der Waals surface area contributed by atoms with Crippen LogP contribution in [0.5, 0.6) is 0 Å². The van der Waals surface area contributed by atoms with Crippen LogP contribution in [0.1, 0.15) is 23.7 Å². The van der Waals surface area contributed by atoms with Gasteiger partial charge in [-0.3, -0.25) is 15.1 Å². The standard InChI is InChI=1S/C12H12N4O2/c1-7-14-12(18-16-7)15-11(17)10-5-9(10)8-3-2-4-13-6-8/h2-4,6,9-10H,5H2,1H3,(H,14,15,16,17)/t9-,10+/m0/s1. The number of aromatic nitrogens is 3. The highest BCUT2D eigenvalue weighted by Gasteiger charge is 2.44. The molecule has 92 valence electrons. The molecule has 0 radical (unpaired) electrons. The Balaban J connectivity index is 1.63. The first-order valence-electron chi connectivity index (χ1n) is 5.75. The first-order valence-corrected chi connectivity index (χ1v) is 5.75. The smallest absolute Gasteiger partial charge is 0.315 e. The van der Waals surface area contributed by atoms with Gasteiger partial charge in [0.25, 0.3) is 0 Å². The zero-order valence-electron chi connectivity index (χ0n) is 9.83. The van der Waals surface area contributed by atoms with Gasteiger partial charge in [-0.1, -0.05) is 11.2 Å². The van der Waals surface area contributed by atoms with Crippen molar-refractivity contribution in [3.8, 4) is 0 Å². The molecule has 2 heterocycles. The Morgan fingerprint density at radius 2 is 2.44 bits per heavy atom. The summed E-state index contributed by atoms with van der Waals surface area (Å²) in [7, 11) is 0. The molecule has 0 saturated heterocycles. The fraction of sp³-hybridized carbons (Fsp3) is 0.333. The molecule has 1 fully saturated rings. The summed E-state index contributed by atoms with van der Waals surface area (Å²) in [4.78, 5) is 19.9. The number of hydrogen-bond donors (Lipinski definition) is 1. The van der Waals surface area contributed by atoms with E-state index in [1.807, 2.05) is 12.1 Å². The molecule has 6 nitrogen and oxygen atoms in total. The van der Waals surface area contributed by atoms with Crippen molar-refractivity contribution >= 4 is 11.9 Å². The number of carbonyl (C=O) groups is 1. The summed E-state index contributed by atoms with van der Waals surface area (Å²) >= 11 is 0. The van der Waals surface area contributed by atoms with Gasteiger partial charge in [-0.05, 0) is 30.9 Å².